The van der Waals surface area contributed by atoms with Crippen molar-refractivity contribution in [3.05, 3.63) is 64.7 Å². The molecule has 0 aliphatic rings. The SMILES string of the molecule is CC[C@H](C(=O)NCC(C)C)N(Cc1ccccc1C)C(=O)CN(c1ccc(C)c(C)c1)S(C)(=O)=O. The second kappa shape index (κ2) is 12.2. The fourth-order valence-corrected chi connectivity index (χ4v) is 4.65. The second-order valence-corrected chi connectivity index (χ2v) is 11.5. The van der Waals surface area contributed by atoms with Gasteiger partial charge >= 0.3 is 0 Å². The molecular formula is C27H39N3O4S. The third-order valence-corrected chi connectivity index (χ3v) is 7.27. The first kappa shape index (κ1) is 28.4. The van der Waals surface area contributed by atoms with Crippen LogP contribution in [-0.2, 0) is 26.2 Å². The zero-order valence-corrected chi connectivity index (χ0v) is 22.8. The van der Waals surface area contributed by atoms with Gasteiger partial charge < -0.3 is 10.2 Å². The van der Waals surface area contributed by atoms with Crippen LogP contribution in [-0.4, -0.2) is 50.5 Å². The Morgan fingerprint density at radius 2 is 1.63 bits per heavy atom. The minimum Gasteiger partial charge on any atom is -0.354 e. The molecule has 0 aliphatic carbocycles. The van der Waals surface area contributed by atoms with Crippen LogP contribution in [0, 0.1) is 26.7 Å². The summed E-state index contributed by atoms with van der Waals surface area (Å²) in [5.74, 6) is -0.397. The first-order valence-corrected chi connectivity index (χ1v) is 13.9. The van der Waals surface area contributed by atoms with E-state index in [1.54, 1.807) is 12.1 Å². The Bertz CT molecular complexity index is 1140. The van der Waals surface area contributed by atoms with Gasteiger partial charge in [0.2, 0.25) is 21.8 Å². The second-order valence-electron chi connectivity index (χ2n) is 9.55. The maximum Gasteiger partial charge on any atom is 0.244 e. The molecule has 2 rings (SSSR count). The number of hydrogen-bond donors (Lipinski definition) is 1. The molecular weight excluding hydrogens is 462 g/mol. The fraction of sp³-hybridized carbons (Fsp3) is 0.481. The number of carbonyl (C=O) groups excluding carboxylic acids is 2. The first-order chi connectivity index (χ1) is 16.3. The summed E-state index contributed by atoms with van der Waals surface area (Å²) < 4.78 is 26.6. The average Bonchev–Trinajstić information content (AvgIpc) is 2.78. The Hall–Kier alpha value is -2.87. The molecule has 0 saturated heterocycles. The van der Waals surface area contributed by atoms with E-state index in [9.17, 15) is 18.0 Å². The highest BCUT2D eigenvalue weighted by Gasteiger charge is 2.32. The van der Waals surface area contributed by atoms with E-state index in [0.717, 1.165) is 32.8 Å². The van der Waals surface area contributed by atoms with Crippen molar-refractivity contribution < 1.29 is 18.0 Å². The summed E-state index contributed by atoms with van der Waals surface area (Å²) >= 11 is 0. The van der Waals surface area contributed by atoms with E-state index < -0.39 is 22.0 Å². The number of aryl methyl sites for hydroxylation is 3. The maximum absolute atomic E-state index is 13.7. The normalized spacial score (nSPS) is 12.3. The lowest BCUT2D eigenvalue weighted by Crippen LogP contribution is -2.52. The number of anilines is 1. The summed E-state index contributed by atoms with van der Waals surface area (Å²) in [5, 5.41) is 2.93. The summed E-state index contributed by atoms with van der Waals surface area (Å²) in [6.45, 7) is 12.0. The lowest BCUT2D eigenvalue weighted by Gasteiger charge is -2.33. The monoisotopic (exact) mass is 501 g/mol. The predicted molar refractivity (Wildman–Crippen MR) is 142 cm³/mol. The maximum atomic E-state index is 13.7. The highest BCUT2D eigenvalue weighted by molar-refractivity contribution is 7.92. The average molecular weight is 502 g/mol. The standard InChI is InChI=1S/C27H39N3O4S/c1-8-25(27(32)28-16-19(2)3)29(17-23-12-10-9-11-21(23)5)26(31)18-30(35(7,33)34)24-14-13-20(4)22(6)15-24/h9-15,19,25H,8,16-18H2,1-7H3,(H,28,32)/t25-/m1/s1. The van der Waals surface area contributed by atoms with Crippen molar-refractivity contribution in [3.8, 4) is 0 Å². The van der Waals surface area contributed by atoms with E-state index in [-0.39, 0.29) is 24.9 Å². The van der Waals surface area contributed by atoms with Crippen LogP contribution in [0.4, 0.5) is 5.69 Å². The van der Waals surface area contributed by atoms with E-state index in [1.165, 1.54) is 4.90 Å². The Balaban J connectivity index is 2.45. The first-order valence-electron chi connectivity index (χ1n) is 12.0. The summed E-state index contributed by atoms with van der Waals surface area (Å²) in [6.07, 6.45) is 1.50. The predicted octanol–water partition coefficient (Wildman–Crippen LogP) is 3.96. The van der Waals surface area contributed by atoms with Gasteiger partial charge in [0.25, 0.3) is 0 Å². The molecule has 192 valence electrons. The molecule has 1 N–H and O–H groups in total. The fourth-order valence-electron chi connectivity index (χ4n) is 3.81. The van der Waals surface area contributed by atoms with Crippen molar-refractivity contribution in [3.63, 3.8) is 0 Å². The molecule has 2 amide bonds. The van der Waals surface area contributed by atoms with Crippen molar-refractivity contribution in [2.45, 2.75) is 60.5 Å². The lowest BCUT2D eigenvalue weighted by molar-refractivity contribution is -0.140. The van der Waals surface area contributed by atoms with Crippen molar-refractivity contribution in [2.24, 2.45) is 5.92 Å². The topological polar surface area (TPSA) is 86.8 Å². The van der Waals surface area contributed by atoms with Gasteiger partial charge in [-0.05, 0) is 67.5 Å². The van der Waals surface area contributed by atoms with Gasteiger partial charge in [-0.1, -0.05) is 51.1 Å². The Labute approximate surface area is 210 Å². The van der Waals surface area contributed by atoms with Crippen LogP contribution in [0.3, 0.4) is 0 Å². The molecule has 2 aromatic rings. The Kier molecular flexibility index (Phi) is 9.89. The van der Waals surface area contributed by atoms with Crippen molar-refractivity contribution in [1.82, 2.24) is 10.2 Å². The number of nitrogens with zero attached hydrogens (tertiary/aromatic N) is 2. The molecule has 35 heavy (non-hydrogen) atoms. The van der Waals surface area contributed by atoms with Crippen LogP contribution in [0.2, 0.25) is 0 Å². The molecule has 0 unspecified atom stereocenters. The minimum atomic E-state index is -3.75. The molecule has 0 radical (unpaired) electrons. The zero-order chi connectivity index (χ0) is 26.3. The molecule has 0 saturated carbocycles. The van der Waals surface area contributed by atoms with E-state index in [4.69, 9.17) is 0 Å². The van der Waals surface area contributed by atoms with Gasteiger partial charge in [-0.25, -0.2) is 8.42 Å². The van der Waals surface area contributed by atoms with E-state index in [2.05, 4.69) is 5.32 Å². The van der Waals surface area contributed by atoms with E-state index >= 15 is 0 Å². The Morgan fingerprint density at radius 3 is 2.17 bits per heavy atom. The van der Waals surface area contributed by atoms with Crippen LogP contribution in [0.1, 0.15) is 49.4 Å². The van der Waals surface area contributed by atoms with Gasteiger partial charge in [0.05, 0.1) is 11.9 Å². The van der Waals surface area contributed by atoms with Crippen molar-refractivity contribution in [1.29, 1.82) is 0 Å². The van der Waals surface area contributed by atoms with Crippen LogP contribution in [0.15, 0.2) is 42.5 Å². The molecule has 0 heterocycles. The summed E-state index contributed by atoms with van der Waals surface area (Å²) in [6, 6.07) is 12.3. The number of sulfonamides is 1. The molecule has 1 atom stereocenters. The van der Waals surface area contributed by atoms with Crippen LogP contribution in [0.25, 0.3) is 0 Å². The molecule has 0 aliphatic heterocycles. The van der Waals surface area contributed by atoms with E-state index in [1.807, 2.05) is 71.9 Å². The summed E-state index contributed by atoms with van der Waals surface area (Å²) in [4.78, 5) is 28.3. The zero-order valence-electron chi connectivity index (χ0n) is 22.0. The van der Waals surface area contributed by atoms with Gasteiger partial charge in [-0.15, -0.1) is 0 Å². The number of hydrogen-bond acceptors (Lipinski definition) is 4. The minimum absolute atomic E-state index is 0.212. The summed E-state index contributed by atoms with van der Waals surface area (Å²) in [7, 11) is -3.75. The molecule has 8 heteroatoms. The van der Waals surface area contributed by atoms with Crippen LogP contribution >= 0.6 is 0 Å². The summed E-state index contributed by atoms with van der Waals surface area (Å²) in [5.41, 5.74) is 4.30. The Morgan fingerprint density at radius 1 is 0.971 bits per heavy atom. The smallest absolute Gasteiger partial charge is 0.244 e. The third kappa shape index (κ3) is 7.82. The van der Waals surface area contributed by atoms with Crippen molar-refractivity contribution in [2.75, 3.05) is 23.7 Å². The third-order valence-electron chi connectivity index (χ3n) is 6.13. The van der Waals surface area contributed by atoms with Crippen LogP contribution < -0.4 is 9.62 Å². The quantitative estimate of drug-likeness (QED) is 0.505. The number of rotatable bonds is 11. The molecule has 0 bridgehead atoms. The van der Waals surface area contributed by atoms with E-state index in [0.29, 0.717) is 18.7 Å². The van der Waals surface area contributed by atoms with Gasteiger partial charge in [0.1, 0.15) is 12.6 Å². The molecule has 2 aromatic carbocycles. The van der Waals surface area contributed by atoms with Gasteiger partial charge in [-0.2, -0.15) is 0 Å². The largest absolute Gasteiger partial charge is 0.354 e. The molecule has 0 aromatic heterocycles. The molecule has 0 spiro atoms. The lowest BCUT2D eigenvalue weighted by atomic mass is 10.1. The number of nitrogens with one attached hydrogen (secondary N) is 1. The molecule has 7 nitrogen and oxygen atoms in total. The number of amides is 2. The number of benzene rings is 2. The highest BCUT2D eigenvalue weighted by Crippen LogP contribution is 2.23. The van der Waals surface area contributed by atoms with Gasteiger partial charge in [-0.3, -0.25) is 13.9 Å². The van der Waals surface area contributed by atoms with Gasteiger partial charge in [0, 0.05) is 13.1 Å². The van der Waals surface area contributed by atoms with Crippen molar-refractivity contribution >= 4 is 27.5 Å². The van der Waals surface area contributed by atoms with Crippen LogP contribution in [0.5, 0.6) is 0 Å². The number of carbonyl (C=O) groups is 2. The van der Waals surface area contributed by atoms with Gasteiger partial charge in [0.15, 0.2) is 0 Å². The molecule has 0 fully saturated rings. The highest BCUT2D eigenvalue weighted by atomic mass is 32.2.